The van der Waals surface area contributed by atoms with E-state index in [4.69, 9.17) is 4.74 Å². The summed E-state index contributed by atoms with van der Waals surface area (Å²) >= 11 is 0. The summed E-state index contributed by atoms with van der Waals surface area (Å²) in [6, 6.07) is 13.8. The molecule has 0 aliphatic carbocycles. The second-order valence-corrected chi connectivity index (χ2v) is 10.8. The highest BCUT2D eigenvalue weighted by atomic mass is 32.2. The van der Waals surface area contributed by atoms with Gasteiger partial charge in [-0.1, -0.05) is 43.7 Å². The van der Waals surface area contributed by atoms with Gasteiger partial charge in [-0.25, -0.2) is 13.1 Å². The van der Waals surface area contributed by atoms with Gasteiger partial charge in [0.05, 0.1) is 18.2 Å². The molecule has 1 fully saturated rings. The molecule has 1 aliphatic rings. The highest BCUT2D eigenvalue weighted by molar-refractivity contribution is 7.89. The number of nitrogens with zero attached hydrogens (tertiary/aromatic N) is 1. The Morgan fingerprint density at radius 1 is 1.14 bits per heavy atom. The minimum absolute atomic E-state index is 0.0723. The smallest absolute Gasteiger partial charge is 0.310 e. The van der Waals surface area contributed by atoms with Crippen LogP contribution in [0.15, 0.2) is 53.4 Å². The summed E-state index contributed by atoms with van der Waals surface area (Å²) in [7, 11) is -3.97. The van der Waals surface area contributed by atoms with E-state index in [0.717, 1.165) is 24.8 Å². The molecule has 9 heteroatoms. The Bertz CT molecular complexity index is 1140. The molecule has 2 aromatic rings. The Labute approximate surface area is 214 Å². The van der Waals surface area contributed by atoms with Gasteiger partial charge in [0.1, 0.15) is 4.90 Å². The standard InChI is InChI=1S/C27H37N3O5S/c1-4-6-14-26(31)28-23-15-16-24(30-17-10-13-22(19-30)27(32)35-5-2)25(18-23)36(33,34)29-20(3)21-11-8-7-9-12-21/h7-9,11-12,15-16,18,20,22,29H,4-6,10,13-14,17,19H2,1-3H3,(H,28,31). The topological polar surface area (TPSA) is 105 Å². The van der Waals surface area contributed by atoms with Gasteiger partial charge in [-0.15, -0.1) is 0 Å². The molecule has 0 aromatic heterocycles. The van der Waals surface area contributed by atoms with Gasteiger partial charge >= 0.3 is 5.97 Å². The average molecular weight is 516 g/mol. The van der Waals surface area contributed by atoms with Crippen LogP contribution < -0.4 is 14.9 Å². The lowest BCUT2D eigenvalue weighted by Crippen LogP contribution is -2.40. The monoisotopic (exact) mass is 515 g/mol. The van der Waals surface area contributed by atoms with Crippen molar-refractivity contribution >= 4 is 33.3 Å². The first-order chi connectivity index (χ1) is 17.2. The van der Waals surface area contributed by atoms with Crippen LogP contribution in [0, 0.1) is 5.92 Å². The first kappa shape index (κ1) is 27.7. The van der Waals surface area contributed by atoms with E-state index in [9.17, 15) is 18.0 Å². The van der Waals surface area contributed by atoms with Crippen LogP contribution in [-0.2, 0) is 24.3 Å². The largest absolute Gasteiger partial charge is 0.466 e. The molecular weight excluding hydrogens is 478 g/mol. The lowest BCUT2D eigenvalue weighted by atomic mass is 9.97. The molecule has 36 heavy (non-hydrogen) atoms. The van der Waals surface area contributed by atoms with Crippen LogP contribution in [0.1, 0.15) is 64.5 Å². The summed E-state index contributed by atoms with van der Waals surface area (Å²) in [4.78, 5) is 26.7. The third-order valence-electron chi connectivity index (χ3n) is 6.30. The van der Waals surface area contributed by atoms with E-state index in [2.05, 4.69) is 10.0 Å². The molecule has 1 aliphatic heterocycles. The number of benzene rings is 2. The van der Waals surface area contributed by atoms with Gasteiger partial charge in [-0.2, -0.15) is 0 Å². The van der Waals surface area contributed by atoms with Crippen molar-refractivity contribution in [3.63, 3.8) is 0 Å². The van der Waals surface area contributed by atoms with Crippen LogP contribution in [0.5, 0.6) is 0 Å². The minimum Gasteiger partial charge on any atom is -0.466 e. The molecule has 1 saturated heterocycles. The number of carbonyl (C=O) groups excluding carboxylic acids is 2. The van der Waals surface area contributed by atoms with E-state index in [1.54, 1.807) is 26.0 Å². The van der Waals surface area contributed by atoms with Gasteiger partial charge in [0, 0.05) is 31.2 Å². The summed E-state index contributed by atoms with van der Waals surface area (Å²) in [5.41, 5.74) is 1.77. The van der Waals surface area contributed by atoms with E-state index in [1.165, 1.54) is 6.07 Å². The Balaban J connectivity index is 1.94. The summed E-state index contributed by atoms with van der Waals surface area (Å²) in [5.74, 6) is -0.736. The summed E-state index contributed by atoms with van der Waals surface area (Å²) < 4.78 is 35.3. The number of nitrogens with one attached hydrogen (secondary N) is 2. The van der Waals surface area contributed by atoms with Crippen LogP contribution in [0.2, 0.25) is 0 Å². The molecule has 2 atom stereocenters. The number of hydrogen-bond acceptors (Lipinski definition) is 6. The van der Waals surface area contributed by atoms with Gasteiger partial charge in [0.2, 0.25) is 15.9 Å². The molecule has 2 aromatic carbocycles. The van der Waals surface area contributed by atoms with Crippen LogP contribution in [-0.4, -0.2) is 40.0 Å². The number of unbranched alkanes of at least 4 members (excludes halogenated alkanes) is 1. The molecule has 2 N–H and O–H groups in total. The summed E-state index contributed by atoms with van der Waals surface area (Å²) in [6.45, 7) is 6.88. The van der Waals surface area contributed by atoms with Gasteiger partial charge < -0.3 is 15.0 Å². The molecule has 2 unspecified atom stereocenters. The molecule has 0 bridgehead atoms. The maximum Gasteiger partial charge on any atom is 0.310 e. The number of piperidine rings is 1. The first-order valence-electron chi connectivity index (χ1n) is 12.7. The highest BCUT2D eigenvalue weighted by Crippen LogP contribution is 2.33. The lowest BCUT2D eigenvalue weighted by Gasteiger charge is -2.34. The number of carbonyl (C=O) groups is 2. The van der Waals surface area contributed by atoms with Crippen molar-refractivity contribution in [2.75, 3.05) is 29.9 Å². The number of esters is 1. The maximum absolute atomic E-state index is 13.7. The quantitative estimate of drug-likeness (QED) is 0.423. The fourth-order valence-electron chi connectivity index (χ4n) is 4.38. The van der Waals surface area contributed by atoms with Crippen molar-refractivity contribution in [2.24, 2.45) is 5.92 Å². The van der Waals surface area contributed by atoms with Crippen molar-refractivity contribution in [3.05, 3.63) is 54.1 Å². The van der Waals surface area contributed by atoms with Gasteiger partial charge in [-0.3, -0.25) is 9.59 Å². The van der Waals surface area contributed by atoms with E-state index in [1.807, 2.05) is 42.2 Å². The van der Waals surface area contributed by atoms with E-state index < -0.39 is 16.1 Å². The fraction of sp³-hybridized carbons (Fsp3) is 0.481. The molecule has 0 spiro atoms. The second-order valence-electron chi connectivity index (χ2n) is 9.13. The Morgan fingerprint density at radius 3 is 2.58 bits per heavy atom. The first-order valence-corrected chi connectivity index (χ1v) is 14.2. The van der Waals surface area contributed by atoms with Crippen molar-refractivity contribution in [2.45, 2.75) is 63.8 Å². The zero-order valence-corrected chi connectivity index (χ0v) is 22.1. The predicted molar refractivity (Wildman–Crippen MR) is 141 cm³/mol. The minimum atomic E-state index is -3.97. The van der Waals surface area contributed by atoms with Crippen LogP contribution >= 0.6 is 0 Å². The average Bonchev–Trinajstić information content (AvgIpc) is 2.88. The third-order valence-corrected chi connectivity index (χ3v) is 7.87. The van der Waals surface area contributed by atoms with Crippen LogP contribution in [0.4, 0.5) is 11.4 Å². The maximum atomic E-state index is 13.7. The molecule has 1 heterocycles. The second kappa shape index (κ2) is 12.9. The predicted octanol–water partition coefficient (Wildman–Crippen LogP) is 4.63. The Kier molecular flexibility index (Phi) is 9.89. The zero-order chi connectivity index (χ0) is 26.1. The van der Waals surface area contributed by atoms with E-state index >= 15 is 0 Å². The molecule has 3 rings (SSSR count). The van der Waals surface area contributed by atoms with Crippen molar-refractivity contribution in [1.29, 1.82) is 0 Å². The van der Waals surface area contributed by atoms with Crippen molar-refractivity contribution in [1.82, 2.24) is 4.72 Å². The molecule has 8 nitrogen and oxygen atoms in total. The van der Waals surface area contributed by atoms with Crippen LogP contribution in [0.3, 0.4) is 0 Å². The number of ether oxygens (including phenoxy) is 1. The molecule has 1 amide bonds. The van der Waals surface area contributed by atoms with E-state index in [-0.39, 0.29) is 22.7 Å². The number of amides is 1. The van der Waals surface area contributed by atoms with Gasteiger partial charge in [0.25, 0.3) is 0 Å². The number of sulfonamides is 1. The summed E-state index contributed by atoms with van der Waals surface area (Å²) in [5, 5.41) is 2.82. The van der Waals surface area contributed by atoms with Crippen LogP contribution in [0.25, 0.3) is 0 Å². The molecule has 0 saturated carbocycles. The van der Waals surface area contributed by atoms with E-state index in [0.29, 0.717) is 43.9 Å². The zero-order valence-electron chi connectivity index (χ0n) is 21.3. The van der Waals surface area contributed by atoms with Gasteiger partial charge in [-0.05, 0) is 56.9 Å². The summed E-state index contributed by atoms with van der Waals surface area (Å²) in [6.07, 6.45) is 3.47. The van der Waals surface area contributed by atoms with Crippen molar-refractivity contribution in [3.8, 4) is 0 Å². The Hall–Kier alpha value is -2.91. The molecular formula is C27H37N3O5S. The molecule has 0 radical (unpaired) electrons. The SMILES string of the molecule is CCCCC(=O)Nc1ccc(N2CCCC(C(=O)OCC)C2)c(S(=O)(=O)NC(C)c2ccccc2)c1. The number of hydrogen-bond donors (Lipinski definition) is 2. The number of anilines is 2. The number of rotatable bonds is 11. The fourth-order valence-corrected chi connectivity index (χ4v) is 5.87. The normalized spacial score (nSPS) is 16.9. The third kappa shape index (κ3) is 7.30. The van der Waals surface area contributed by atoms with Crippen molar-refractivity contribution < 1.29 is 22.7 Å². The lowest BCUT2D eigenvalue weighted by molar-refractivity contribution is -0.148. The Morgan fingerprint density at radius 2 is 1.89 bits per heavy atom. The molecule has 196 valence electrons. The van der Waals surface area contributed by atoms with Gasteiger partial charge in [0.15, 0.2) is 0 Å². The highest BCUT2D eigenvalue weighted by Gasteiger charge is 2.31.